The van der Waals surface area contributed by atoms with Crippen LogP contribution in [0.2, 0.25) is 0 Å². The highest BCUT2D eigenvalue weighted by atomic mass is 32.2. The van der Waals surface area contributed by atoms with Crippen molar-refractivity contribution >= 4 is 27.6 Å². The molecule has 0 unspecified atom stereocenters. The van der Waals surface area contributed by atoms with Crippen molar-refractivity contribution in [2.45, 2.75) is 43.9 Å². The first-order valence-electron chi connectivity index (χ1n) is 10.6. The number of amides is 1. The molecule has 166 valence electrons. The first-order chi connectivity index (χ1) is 14.9. The van der Waals surface area contributed by atoms with Gasteiger partial charge in [0.15, 0.2) is 6.61 Å². The minimum atomic E-state index is -3.67. The van der Waals surface area contributed by atoms with E-state index in [0.717, 1.165) is 37.7 Å². The Balaban J connectivity index is 1.64. The summed E-state index contributed by atoms with van der Waals surface area (Å²) >= 11 is 0. The fourth-order valence-electron chi connectivity index (χ4n) is 3.57. The van der Waals surface area contributed by atoms with Crippen molar-refractivity contribution in [2.24, 2.45) is 0 Å². The molecule has 0 spiro atoms. The third-order valence-corrected chi connectivity index (χ3v) is 7.17. The molecule has 1 saturated heterocycles. The van der Waals surface area contributed by atoms with E-state index in [2.05, 4.69) is 5.32 Å². The van der Waals surface area contributed by atoms with Gasteiger partial charge in [0.25, 0.3) is 5.91 Å². The summed E-state index contributed by atoms with van der Waals surface area (Å²) in [5.41, 5.74) is 1.75. The second-order valence-corrected chi connectivity index (χ2v) is 9.42. The molecule has 1 amide bonds. The van der Waals surface area contributed by atoms with Crippen molar-refractivity contribution in [3.8, 4) is 0 Å². The predicted molar refractivity (Wildman–Crippen MR) is 118 cm³/mol. The fraction of sp³-hybridized carbons (Fsp3) is 0.391. The standard InChI is InChI=1S/C23H28N2O5S/c1-2-18-10-5-6-13-21(18)24-22(26)17-30-23(27)19-11-9-12-20(16-19)31(28,29)25-14-7-3-4-8-15-25/h5-6,9-13,16H,2-4,7-8,14-15,17H2,1H3,(H,24,26). The molecule has 1 aliphatic rings. The van der Waals surface area contributed by atoms with Crippen LogP contribution in [0.15, 0.2) is 53.4 Å². The number of carbonyl (C=O) groups excluding carboxylic acids is 2. The number of nitrogens with zero attached hydrogens (tertiary/aromatic N) is 1. The second kappa shape index (κ2) is 10.5. The summed E-state index contributed by atoms with van der Waals surface area (Å²) in [5.74, 6) is -1.20. The highest BCUT2D eigenvalue weighted by Crippen LogP contribution is 2.21. The molecule has 0 aromatic heterocycles. The third-order valence-electron chi connectivity index (χ3n) is 5.28. The summed E-state index contributed by atoms with van der Waals surface area (Å²) in [6, 6.07) is 13.2. The Hall–Kier alpha value is -2.71. The number of esters is 1. The molecule has 0 saturated carbocycles. The zero-order valence-electron chi connectivity index (χ0n) is 17.7. The number of sulfonamides is 1. The van der Waals surface area contributed by atoms with E-state index in [4.69, 9.17) is 4.74 Å². The van der Waals surface area contributed by atoms with Gasteiger partial charge in [-0.2, -0.15) is 4.31 Å². The smallest absolute Gasteiger partial charge is 0.338 e. The van der Waals surface area contributed by atoms with Crippen LogP contribution in [0, 0.1) is 0 Å². The molecule has 8 heteroatoms. The van der Waals surface area contributed by atoms with Crippen molar-refractivity contribution in [3.63, 3.8) is 0 Å². The van der Waals surface area contributed by atoms with E-state index in [1.165, 1.54) is 28.6 Å². The van der Waals surface area contributed by atoms with Gasteiger partial charge in [-0.3, -0.25) is 4.79 Å². The van der Waals surface area contributed by atoms with E-state index in [-0.39, 0.29) is 10.5 Å². The van der Waals surface area contributed by atoms with Gasteiger partial charge < -0.3 is 10.1 Å². The Morgan fingerprint density at radius 3 is 2.42 bits per heavy atom. The van der Waals surface area contributed by atoms with Crippen LogP contribution >= 0.6 is 0 Å². The number of para-hydroxylation sites is 1. The Morgan fingerprint density at radius 2 is 1.71 bits per heavy atom. The molecule has 3 rings (SSSR count). The Labute approximate surface area is 183 Å². The summed E-state index contributed by atoms with van der Waals surface area (Å²) in [6.45, 7) is 2.49. The zero-order valence-corrected chi connectivity index (χ0v) is 18.5. The van der Waals surface area contributed by atoms with Gasteiger partial charge in [-0.1, -0.05) is 44.0 Å². The van der Waals surface area contributed by atoms with E-state index in [1.807, 2.05) is 25.1 Å². The molecule has 0 atom stereocenters. The number of nitrogens with one attached hydrogen (secondary N) is 1. The minimum absolute atomic E-state index is 0.0603. The molecular weight excluding hydrogens is 416 g/mol. The van der Waals surface area contributed by atoms with Crippen molar-refractivity contribution in [3.05, 3.63) is 59.7 Å². The number of aryl methyl sites for hydroxylation is 1. The van der Waals surface area contributed by atoms with E-state index in [1.54, 1.807) is 6.07 Å². The molecular formula is C23H28N2O5S. The topological polar surface area (TPSA) is 92.8 Å². The molecule has 1 heterocycles. The lowest BCUT2D eigenvalue weighted by molar-refractivity contribution is -0.119. The van der Waals surface area contributed by atoms with Crippen molar-refractivity contribution in [1.82, 2.24) is 4.31 Å². The van der Waals surface area contributed by atoms with E-state index in [0.29, 0.717) is 18.8 Å². The maximum absolute atomic E-state index is 13.0. The number of benzene rings is 2. The molecule has 0 radical (unpaired) electrons. The normalized spacial score (nSPS) is 15.1. The zero-order chi connectivity index (χ0) is 22.3. The molecule has 31 heavy (non-hydrogen) atoms. The number of ether oxygens (including phenoxy) is 1. The van der Waals surface area contributed by atoms with Gasteiger partial charge in [-0.25, -0.2) is 13.2 Å². The Morgan fingerprint density at radius 1 is 1.00 bits per heavy atom. The molecule has 0 aliphatic carbocycles. The Bertz CT molecular complexity index is 1030. The maximum Gasteiger partial charge on any atom is 0.338 e. The lowest BCUT2D eigenvalue weighted by atomic mass is 10.1. The Kier molecular flexibility index (Phi) is 7.81. The number of anilines is 1. The number of hydrogen-bond acceptors (Lipinski definition) is 5. The van der Waals surface area contributed by atoms with Crippen LogP contribution in [0.1, 0.15) is 48.5 Å². The van der Waals surface area contributed by atoms with Gasteiger partial charge in [-0.05, 0) is 49.1 Å². The lowest BCUT2D eigenvalue weighted by Gasteiger charge is -2.20. The lowest BCUT2D eigenvalue weighted by Crippen LogP contribution is -2.32. The molecule has 2 aromatic carbocycles. The van der Waals surface area contributed by atoms with Crippen LogP contribution < -0.4 is 5.32 Å². The second-order valence-electron chi connectivity index (χ2n) is 7.48. The number of hydrogen-bond donors (Lipinski definition) is 1. The first kappa shape index (κ1) is 23.0. The summed E-state index contributed by atoms with van der Waals surface area (Å²) < 4.78 is 32.5. The molecule has 1 aliphatic heterocycles. The molecule has 7 nitrogen and oxygen atoms in total. The SMILES string of the molecule is CCc1ccccc1NC(=O)COC(=O)c1cccc(S(=O)(=O)N2CCCCCC2)c1. The molecule has 0 bridgehead atoms. The van der Waals surface area contributed by atoms with Crippen LogP contribution in [0.3, 0.4) is 0 Å². The molecule has 2 aromatic rings. The fourth-order valence-corrected chi connectivity index (χ4v) is 5.13. The average molecular weight is 445 g/mol. The highest BCUT2D eigenvalue weighted by molar-refractivity contribution is 7.89. The minimum Gasteiger partial charge on any atom is -0.452 e. The van der Waals surface area contributed by atoms with Crippen molar-refractivity contribution in [1.29, 1.82) is 0 Å². The monoisotopic (exact) mass is 444 g/mol. The van der Waals surface area contributed by atoms with Crippen molar-refractivity contribution in [2.75, 3.05) is 25.0 Å². The van der Waals surface area contributed by atoms with Crippen molar-refractivity contribution < 1.29 is 22.7 Å². The number of carbonyl (C=O) groups is 2. The molecule has 1 fully saturated rings. The summed E-state index contributed by atoms with van der Waals surface area (Å²) in [5, 5.41) is 2.73. The van der Waals surface area contributed by atoms with Crippen LogP contribution in [-0.4, -0.2) is 44.3 Å². The third kappa shape index (κ3) is 5.92. The first-order valence-corrected chi connectivity index (χ1v) is 12.0. The maximum atomic E-state index is 13.0. The van der Waals surface area contributed by atoms with Gasteiger partial charge >= 0.3 is 5.97 Å². The summed E-state index contributed by atoms with van der Waals surface area (Å²) in [7, 11) is -3.67. The van der Waals surface area contributed by atoms with Crippen LogP contribution in [0.25, 0.3) is 0 Å². The van der Waals surface area contributed by atoms with Gasteiger partial charge in [0.1, 0.15) is 0 Å². The van der Waals surface area contributed by atoms with E-state index >= 15 is 0 Å². The van der Waals surface area contributed by atoms with Crippen LogP contribution in [-0.2, 0) is 26.0 Å². The summed E-state index contributed by atoms with van der Waals surface area (Å²) in [4.78, 5) is 24.7. The van der Waals surface area contributed by atoms with Gasteiger partial charge in [0.2, 0.25) is 10.0 Å². The largest absolute Gasteiger partial charge is 0.452 e. The summed E-state index contributed by atoms with van der Waals surface area (Å²) in [6.07, 6.45) is 4.45. The van der Waals surface area contributed by atoms with Gasteiger partial charge in [0, 0.05) is 18.8 Å². The van der Waals surface area contributed by atoms with Crippen LogP contribution in [0.4, 0.5) is 5.69 Å². The van der Waals surface area contributed by atoms with E-state index in [9.17, 15) is 18.0 Å². The quantitative estimate of drug-likeness (QED) is 0.659. The average Bonchev–Trinajstić information content (AvgIpc) is 3.08. The van der Waals surface area contributed by atoms with Gasteiger partial charge in [0.05, 0.1) is 10.5 Å². The molecule has 1 N–H and O–H groups in total. The van der Waals surface area contributed by atoms with Gasteiger partial charge in [-0.15, -0.1) is 0 Å². The van der Waals surface area contributed by atoms with E-state index < -0.39 is 28.5 Å². The predicted octanol–water partition coefficient (Wildman–Crippen LogP) is 3.61. The van der Waals surface area contributed by atoms with Crippen LogP contribution in [0.5, 0.6) is 0 Å². The highest BCUT2D eigenvalue weighted by Gasteiger charge is 2.26. The number of rotatable bonds is 7.